The third-order valence-corrected chi connectivity index (χ3v) is 6.47. The summed E-state index contributed by atoms with van der Waals surface area (Å²) in [5.74, 6) is -3.51. The van der Waals surface area contributed by atoms with Gasteiger partial charge in [-0.05, 0) is 36.8 Å². The molecule has 2 amide bonds. The summed E-state index contributed by atoms with van der Waals surface area (Å²) in [6, 6.07) is -1.03. The number of alkyl halides is 5. The summed E-state index contributed by atoms with van der Waals surface area (Å²) >= 11 is 0. The molecule has 0 spiro atoms. The van der Waals surface area contributed by atoms with Crippen LogP contribution < -0.4 is 11.1 Å². The van der Waals surface area contributed by atoms with Crippen molar-refractivity contribution < 1.29 is 26.7 Å². The van der Waals surface area contributed by atoms with Crippen molar-refractivity contribution in [3.8, 4) is 0 Å². The molecule has 4 atom stereocenters. The number of halogens is 5. The van der Waals surface area contributed by atoms with Gasteiger partial charge in [-0.3, -0.25) is 0 Å². The van der Waals surface area contributed by atoms with Crippen LogP contribution in [0.5, 0.6) is 0 Å². The fourth-order valence-electron chi connectivity index (χ4n) is 4.82. The maximum atomic E-state index is 13.6. The Kier molecular flexibility index (Phi) is 3.91. The predicted molar refractivity (Wildman–Crippen MR) is 93.6 cm³/mol. The van der Waals surface area contributed by atoms with Crippen molar-refractivity contribution in [3.63, 3.8) is 0 Å². The van der Waals surface area contributed by atoms with Gasteiger partial charge in [-0.25, -0.2) is 23.1 Å². The minimum absolute atomic E-state index is 0.0246. The van der Waals surface area contributed by atoms with E-state index in [-0.39, 0.29) is 18.9 Å². The Morgan fingerprint density at radius 2 is 2.10 bits per heavy atom. The largest absolute Gasteiger partial charge is 0.410 e. The van der Waals surface area contributed by atoms with Gasteiger partial charge in [-0.15, -0.1) is 0 Å². The van der Waals surface area contributed by atoms with E-state index in [2.05, 4.69) is 10.1 Å². The predicted octanol–water partition coefficient (Wildman–Crippen LogP) is 2.10. The number of carbonyl (C=O) groups excluding carboxylic acids is 1. The minimum Gasteiger partial charge on any atom is -0.324 e. The van der Waals surface area contributed by atoms with Gasteiger partial charge in [0.2, 0.25) is 0 Å². The second-order valence-corrected chi connectivity index (χ2v) is 8.55. The topological polar surface area (TPSA) is 88.5 Å². The highest BCUT2D eigenvalue weighted by atomic mass is 19.4. The number of nitrogens with one attached hydrogen (secondary N) is 1. The highest BCUT2D eigenvalue weighted by molar-refractivity contribution is 5.77. The Bertz CT molecular complexity index is 1020. The molecule has 0 bridgehead atoms. The smallest absolute Gasteiger partial charge is 0.324 e. The average Bonchev–Trinajstić information content (AvgIpc) is 3.15. The third kappa shape index (κ3) is 2.91. The number of nitrogens with two attached hydrogens (primary N) is 1. The molecule has 2 aromatic rings. The van der Waals surface area contributed by atoms with Crippen LogP contribution >= 0.6 is 0 Å². The highest BCUT2D eigenvalue weighted by Crippen LogP contribution is 2.67. The molecule has 3 heterocycles. The van der Waals surface area contributed by atoms with Crippen molar-refractivity contribution in [2.45, 2.75) is 49.5 Å². The molecular weight excluding hydrogens is 411 g/mol. The van der Waals surface area contributed by atoms with E-state index in [1.54, 1.807) is 12.3 Å². The quantitative estimate of drug-likeness (QED) is 0.728. The maximum absolute atomic E-state index is 13.6. The SMILES string of the molecule is N[C@@]12C[C@@H](Cc3cn4ncc(CN5C[C@@H](C(F)(F)F)NC5=O)cc4n3)C[C@@H]1C2(F)F. The molecule has 0 aromatic carbocycles. The number of hydrogen-bond acceptors (Lipinski definition) is 4. The van der Waals surface area contributed by atoms with Crippen molar-refractivity contribution >= 4 is 11.7 Å². The Labute approximate surface area is 167 Å². The van der Waals surface area contributed by atoms with Gasteiger partial charge in [0.05, 0.1) is 30.2 Å². The monoisotopic (exact) mass is 430 g/mol. The number of aromatic nitrogens is 3. The average molecular weight is 430 g/mol. The number of rotatable bonds is 4. The van der Waals surface area contributed by atoms with Gasteiger partial charge >= 0.3 is 12.2 Å². The summed E-state index contributed by atoms with van der Waals surface area (Å²) in [7, 11) is 0. The first-order chi connectivity index (χ1) is 14.0. The van der Waals surface area contributed by atoms with Crippen molar-refractivity contribution in [1.29, 1.82) is 0 Å². The van der Waals surface area contributed by atoms with E-state index in [0.717, 1.165) is 4.90 Å². The third-order valence-electron chi connectivity index (χ3n) is 6.47. The zero-order valence-electron chi connectivity index (χ0n) is 15.7. The van der Waals surface area contributed by atoms with Crippen LogP contribution in [0.1, 0.15) is 24.1 Å². The molecule has 3 N–H and O–H groups in total. The molecule has 5 rings (SSSR count). The maximum Gasteiger partial charge on any atom is 0.410 e. The number of fused-ring (bicyclic) bond motifs is 2. The van der Waals surface area contributed by atoms with Gasteiger partial charge < -0.3 is 16.0 Å². The van der Waals surface area contributed by atoms with Gasteiger partial charge in [0.25, 0.3) is 5.92 Å². The summed E-state index contributed by atoms with van der Waals surface area (Å²) < 4.78 is 67.1. The Hall–Kier alpha value is -2.50. The molecule has 12 heteroatoms. The molecule has 1 aliphatic heterocycles. The van der Waals surface area contributed by atoms with E-state index in [1.165, 1.54) is 10.7 Å². The lowest BCUT2D eigenvalue weighted by molar-refractivity contribution is -0.149. The zero-order chi connectivity index (χ0) is 21.5. The summed E-state index contributed by atoms with van der Waals surface area (Å²) in [6.07, 6.45) is -0.217. The Morgan fingerprint density at radius 1 is 1.33 bits per heavy atom. The molecule has 1 saturated heterocycles. The van der Waals surface area contributed by atoms with E-state index >= 15 is 0 Å². The second-order valence-electron chi connectivity index (χ2n) is 8.55. The van der Waals surface area contributed by atoms with Gasteiger partial charge in [0.15, 0.2) is 5.65 Å². The van der Waals surface area contributed by atoms with Crippen molar-refractivity contribution in [2.24, 2.45) is 17.6 Å². The van der Waals surface area contributed by atoms with E-state index in [4.69, 9.17) is 5.73 Å². The first-order valence-electron chi connectivity index (χ1n) is 9.59. The lowest BCUT2D eigenvalue weighted by Gasteiger charge is -2.15. The van der Waals surface area contributed by atoms with E-state index in [9.17, 15) is 26.7 Å². The number of hydrogen-bond donors (Lipinski definition) is 2. The van der Waals surface area contributed by atoms with Gasteiger partial charge in [-0.1, -0.05) is 0 Å². The first-order valence-corrected chi connectivity index (χ1v) is 9.59. The van der Waals surface area contributed by atoms with Crippen LogP contribution in [0, 0.1) is 11.8 Å². The Balaban J connectivity index is 1.26. The number of urea groups is 1. The molecule has 162 valence electrons. The van der Waals surface area contributed by atoms with Crippen LogP contribution in [-0.2, 0) is 13.0 Å². The fourth-order valence-corrected chi connectivity index (χ4v) is 4.82. The van der Waals surface area contributed by atoms with Crippen LogP contribution in [0.25, 0.3) is 5.65 Å². The molecular formula is C18H19F5N6O. The normalized spacial score (nSPS) is 32.5. The molecule has 3 aliphatic rings. The van der Waals surface area contributed by atoms with Gasteiger partial charge in [0, 0.05) is 12.5 Å². The lowest BCUT2D eigenvalue weighted by Crippen LogP contribution is -2.40. The standard InChI is InChI=1S/C18H19F5N6O/c19-17(20)12-2-9(4-16(12,17)24)1-11-7-29-14(26-11)3-10(5-25-29)6-28-8-13(18(21,22)23)27-15(28)30/h3,5,7,9,12-13H,1-2,4,6,8,24H2,(H,27,30)/t9-,12-,13-,16-/m0/s1. The second kappa shape index (κ2) is 6.02. The number of imidazole rings is 1. The number of carbonyl (C=O) groups is 1. The molecule has 2 aliphatic carbocycles. The number of amides is 2. The minimum atomic E-state index is -4.50. The van der Waals surface area contributed by atoms with Crippen LogP contribution in [0.15, 0.2) is 18.5 Å². The summed E-state index contributed by atoms with van der Waals surface area (Å²) in [4.78, 5) is 17.3. The van der Waals surface area contributed by atoms with Crippen molar-refractivity contribution in [3.05, 3.63) is 29.7 Å². The lowest BCUT2D eigenvalue weighted by atomic mass is 9.96. The van der Waals surface area contributed by atoms with Gasteiger partial charge in [-0.2, -0.15) is 18.3 Å². The molecule has 30 heavy (non-hydrogen) atoms. The zero-order valence-corrected chi connectivity index (χ0v) is 15.7. The van der Waals surface area contributed by atoms with Crippen LogP contribution in [0.2, 0.25) is 0 Å². The highest BCUT2D eigenvalue weighted by Gasteiger charge is 2.81. The van der Waals surface area contributed by atoms with E-state index < -0.39 is 42.2 Å². The summed E-state index contributed by atoms with van der Waals surface area (Å²) in [5, 5.41) is 6.12. The van der Waals surface area contributed by atoms with Gasteiger partial charge in [0.1, 0.15) is 6.04 Å². The molecule has 3 fully saturated rings. The molecule has 0 unspecified atom stereocenters. The van der Waals surface area contributed by atoms with Crippen LogP contribution in [0.4, 0.5) is 26.7 Å². The van der Waals surface area contributed by atoms with Crippen molar-refractivity contribution in [2.75, 3.05) is 6.54 Å². The molecule has 2 saturated carbocycles. The van der Waals surface area contributed by atoms with E-state index in [0.29, 0.717) is 29.7 Å². The van der Waals surface area contributed by atoms with Crippen molar-refractivity contribution in [1.82, 2.24) is 24.8 Å². The molecule has 7 nitrogen and oxygen atoms in total. The number of nitrogens with zero attached hydrogens (tertiary/aromatic N) is 4. The Morgan fingerprint density at radius 3 is 2.73 bits per heavy atom. The van der Waals surface area contributed by atoms with Crippen LogP contribution in [0.3, 0.4) is 0 Å². The molecule has 0 radical (unpaired) electrons. The molecule has 2 aromatic heterocycles. The first kappa shape index (κ1) is 19.5. The summed E-state index contributed by atoms with van der Waals surface area (Å²) in [5.41, 5.74) is 6.12. The van der Waals surface area contributed by atoms with E-state index in [1.807, 2.05) is 5.32 Å². The van der Waals surface area contributed by atoms with Crippen LogP contribution in [-0.4, -0.2) is 55.8 Å². The summed E-state index contributed by atoms with van der Waals surface area (Å²) in [6.45, 7) is -0.499. The fraction of sp³-hybridized carbons (Fsp3) is 0.611.